The normalized spacial score (nSPS) is 17.0. The molecule has 2 aliphatic heterocycles. The van der Waals surface area contributed by atoms with Gasteiger partial charge >= 0.3 is 0 Å². The van der Waals surface area contributed by atoms with Crippen LogP contribution in [0.4, 0.5) is 0 Å². The van der Waals surface area contributed by atoms with Gasteiger partial charge in [0.05, 0.1) is 17.2 Å². The highest BCUT2D eigenvalue weighted by Gasteiger charge is 2.40. The molecule has 0 bridgehead atoms. The predicted octanol–water partition coefficient (Wildman–Crippen LogP) is 4.88. The highest BCUT2D eigenvalue weighted by Crippen LogP contribution is 2.46. The number of aryl methyl sites for hydroxylation is 2. The first-order valence-electron chi connectivity index (χ1n) is 9.91. The third-order valence-corrected chi connectivity index (χ3v) is 7.12. The first kappa shape index (κ1) is 23.1. The van der Waals surface area contributed by atoms with Crippen molar-refractivity contribution in [2.24, 2.45) is 0 Å². The molecule has 0 unspecified atom stereocenters. The van der Waals surface area contributed by atoms with Crippen LogP contribution >= 0.6 is 36.2 Å². The van der Waals surface area contributed by atoms with Crippen molar-refractivity contribution < 1.29 is 4.74 Å². The monoisotopic (exact) mass is 464 g/mol. The number of thiophene rings is 1. The van der Waals surface area contributed by atoms with Gasteiger partial charge in [-0.25, -0.2) is 9.97 Å². The van der Waals surface area contributed by atoms with Gasteiger partial charge in [0, 0.05) is 28.0 Å². The minimum Gasteiger partial charge on any atom is -0.369 e. The molecule has 0 aromatic carbocycles. The van der Waals surface area contributed by atoms with Gasteiger partial charge < -0.3 is 10.1 Å². The molecule has 3 aromatic heterocycles. The van der Waals surface area contributed by atoms with Crippen LogP contribution in [0.3, 0.4) is 0 Å². The summed E-state index contributed by atoms with van der Waals surface area (Å²) in [5, 5.41) is 3.45. The van der Waals surface area contributed by atoms with Gasteiger partial charge in [-0.05, 0) is 76.0 Å². The first-order chi connectivity index (χ1) is 13.6. The van der Waals surface area contributed by atoms with Gasteiger partial charge in [-0.1, -0.05) is 0 Å². The molecule has 3 aromatic rings. The third-order valence-electron chi connectivity index (χ3n) is 5.76. The van der Waals surface area contributed by atoms with Crippen LogP contribution in [-0.2, 0) is 16.8 Å². The lowest BCUT2D eigenvalue weighted by Crippen LogP contribution is -2.43. The first-order valence-corrected chi connectivity index (χ1v) is 10.7. The second kappa shape index (κ2) is 9.28. The van der Waals surface area contributed by atoms with Crippen molar-refractivity contribution in [2.45, 2.75) is 38.7 Å². The molecular formula is C22H26Cl2N4OS. The minimum atomic E-state index is -0.114. The topological polar surface area (TPSA) is 59.9 Å². The van der Waals surface area contributed by atoms with E-state index in [9.17, 15) is 0 Å². The number of fused-ring (bicyclic) bond motifs is 2. The Morgan fingerprint density at radius 1 is 1.07 bits per heavy atom. The van der Waals surface area contributed by atoms with Crippen molar-refractivity contribution in [1.82, 2.24) is 20.3 Å². The highest BCUT2D eigenvalue weighted by atomic mass is 35.5. The number of rotatable bonds is 2. The molecule has 0 saturated carbocycles. The van der Waals surface area contributed by atoms with Crippen LogP contribution < -0.4 is 5.32 Å². The standard InChI is InChI=1S/C22H24N4OS.2ClH/c1-14-3-4-17(15(2)25-14)18-5-9-24-21(26-18)19-13-16-6-12-27-22(20(16)28-19)7-10-23-11-8-22;;/h3-5,9,13,23H,6-8,10-12H2,1-2H3;2*1H. The molecule has 5 rings (SSSR count). The van der Waals surface area contributed by atoms with Crippen molar-refractivity contribution in [1.29, 1.82) is 0 Å². The van der Waals surface area contributed by atoms with E-state index in [1.165, 1.54) is 10.4 Å². The van der Waals surface area contributed by atoms with E-state index in [1.807, 2.05) is 43.5 Å². The number of pyridine rings is 1. The average Bonchev–Trinajstić information content (AvgIpc) is 3.15. The Hall–Kier alpha value is -1.57. The SMILES string of the molecule is Cc1ccc(-c2ccnc(-c3cc4c(s3)C3(CCNCC3)OCC4)n2)c(C)n1.Cl.Cl. The second-order valence-corrected chi connectivity index (χ2v) is 8.71. The molecule has 0 atom stereocenters. The van der Waals surface area contributed by atoms with E-state index in [0.29, 0.717) is 0 Å². The zero-order chi connectivity index (χ0) is 19.1. The van der Waals surface area contributed by atoms with Gasteiger partial charge in [-0.15, -0.1) is 36.2 Å². The van der Waals surface area contributed by atoms with E-state index in [-0.39, 0.29) is 30.4 Å². The summed E-state index contributed by atoms with van der Waals surface area (Å²) in [5.41, 5.74) is 5.31. The molecular weight excluding hydrogens is 439 g/mol. The number of nitrogens with one attached hydrogen (secondary N) is 1. The Morgan fingerprint density at radius 3 is 2.63 bits per heavy atom. The smallest absolute Gasteiger partial charge is 0.169 e. The number of hydrogen-bond donors (Lipinski definition) is 1. The highest BCUT2D eigenvalue weighted by molar-refractivity contribution is 7.15. The summed E-state index contributed by atoms with van der Waals surface area (Å²) in [4.78, 5) is 16.6. The molecule has 5 heterocycles. The van der Waals surface area contributed by atoms with E-state index in [1.54, 1.807) is 0 Å². The van der Waals surface area contributed by atoms with Crippen LogP contribution in [0.5, 0.6) is 0 Å². The Kier molecular flexibility index (Phi) is 7.15. The van der Waals surface area contributed by atoms with Crippen LogP contribution in [-0.4, -0.2) is 34.6 Å². The van der Waals surface area contributed by atoms with Crippen molar-refractivity contribution in [3.8, 4) is 22.0 Å². The van der Waals surface area contributed by atoms with E-state index in [0.717, 1.165) is 72.3 Å². The van der Waals surface area contributed by atoms with Crippen molar-refractivity contribution in [3.05, 3.63) is 52.3 Å². The van der Waals surface area contributed by atoms with Crippen LogP contribution in [0.1, 0.15) is 34.7 Å². The van der Waals surface area contributed by atoms with Crippen molar-refractivity contribution in [3.63, 3.8) is 0 Å². The Bertz CT molecular complexity index is 1030. The van der Waals surface area contributed by atoms with Gasteiger partial charge in [-0.3, -0.25) is 4.98 Å². The van der Waals surface area contributed by atoms with E-state index in [2.05, 4.69) is 27.4 Å². The minimum absolute atomic E-state index is 0. The number of halogens is 2. The molecule has 0 aliphatic carbocycles. The Morgan fingerprint density at radius 2 is 1.87 bits per heavy atom. The quantitative estimate of drug-likeness (QED) is 0.585. The summed E-state index contributed by atoms with van der Waals surface area (Å²) in [6, 6.07) is 8.38. The van der Waals surface area contributed by atoms with Crippen LogP contribution in [0.15, 0.2) is 30.5 Å². The van der Waals surface area contributed by atoms with Crippen molar-refractivity contribution in [2.75, 3.05) is 19.7 Å². The maximum atomic E-state index is 6.32. The predicted molar refractivity (Wildman–Crippen MR) is 126 cm³/mol. The lowest BCUT2D eigenvalue weighted by atomic mass is 9.86. The zero-order valence-electron chi connectivity index (χ0n) is 17.1. The molecule has 0 amide bonds. The van der Waals surface area contributed by atoms with Crippen LogP contribution in [0.25, 0.3) is 22.0 Å². The van der Waals surface area contributed by atoms with E-state index in [4.69, 9.17) is 9.72 Å². The average molecular weight is 465 g/mol. The zero-order valence-corrected chi connectivity index (χ0v) is 19.6. The lowest BCUT2D eigenvalue weighted by Gasteiger charge is -2.40. The molecule has 1 saturated heterocycles. The molecule has 5 nitrogen and oxygen atoms in total. The molecule has 8 heteroatoms. The fourth-order valence-corrected chi connectivity index (χ4v) is 5.67. The molecule has 160 valence electrons. The number of hydrogen-bond acceptors (Lipinski definition) is 6. The maximum absolute atomic E-state index is 6.32. The lowest BCUT2D eigenvalue weighted by molar-refractivity contribution is -0.0771. The fraction of sp³-hybridized carbons (Fsp3) is 0.409. The molecule has 30 heavy (non-hydrogen) atoms. The molecule has 1 fully saturated rings. The Labute approximate surface area is 193 Å². The van der Waals surface area contributed by atoms with E-state index >= 15 is 0 Å². The van der Waals surface area contributed by atoms with Crippen molar-refractivity contribution >= 4 is 36.2 Å². The molecule has 1 N–H and O–H groups in total. The summed E-state index contributed by atoms with van der Waals surface area (Å²) in [6.07, 6.45) is 4.90. The maximum Gasteiger partial charge on any atom is 0.169 e. The largest absolute Gasteiger partial charge is 0.369 e. The number of aromatic nitrogens is 3. The summed E-state index contributed by atoms with van der Waals surface area (Å²) in [5.74, 6) is 0.793. The molecule has 1 spiro atoms. The summed E-state index contributed by atoms with van der Waals surface area (Å²) < 4.78 is 6.32. The summed E-state index contributed by atoms with van der Waals surface area (Å²) >= 11 is 1.81. The second-order valence-electron chi connectivity index (χ2n) is 7.66. The van der Waals surface area contributed by atoms with Gasteiger partial charge in [0.1, 0.15) is 5.60 Å². The van der Waals surface area contributed by atoms with Crippen LogP contribution in [0, 0.1) is 13.8 Å². The van der Waals surface area contributed by atoms with E-state index < -0.39 is 0 Å². The number of ether oxygens (including phenoxy) is 1. The van der Waals surface area contributed by atoms with Gasteiger partial charge in [0.25, 0.3) is 0 Å². The summed E-state index contributed by atoms with van der Waals surface area (Å²) in [6.45, 7) is 6.87. The van der Waals surface area contributed by atoms with Gasteiger partial charge in [-0.2, -0.15) is 0 Å². The van der Waals surface area contributed by atoms with Gasteiger partial charge in [0.15, 0.2) is 5.82 Å². The number of nitrogens with zero attached hydrogens (tertiary/aromatic N) is 3. The Balaban J connectivity index is 0.00000128. The summed E-state index contributed by atoms with van der Waals surface area (Å²) in [7, 11) is 0. The molecule has 0 radical (unpaired) electrons. The molecule has 2 aliphatic rings. The third kappa shape index (κ3) is 4.12. The van der Waals surface area contributed by atoms with Crippen LogP contribution in [0.2, 0.25) is 0 Å². The fourth-order valence-electron chi connectivity index (χ4n) is 4.32. The van der Waals surface area contributed by atoms with Gasteiger partial charge in [0.2, 0.25) is 0 Å². The number of piperidine rings is 1.